The van der Waals surface area contributed by atoms with E-state index in [0.717, 1.165) is 44.9 Å². The minimum Gasteiger partial charge on any atom is -0.394 e. The minimum atomic E-state index is -1.79. The molecule has 9 N–H and O–H groups in total. The summed E-state index contributed by atoms with van der Waals surface area (Å²) in [5.41, 5.74) is 0. The van der Waals surface area contributed by atoms with Gasteiger partial charge in [-0.25, -0.2) is 0 Å². The van der Waals surface area contributed by atoms with Crippen LogP contribution in [0.5, 0.6) is 0 Å². The molecule has 2 aliphatic rings. The van der Waals surface area contributed by atoms with Gasteiger partial charge in [-0.15, -0.1) is 0 Å². The van der Waals surface area contributed by atoms with E-state index in [0.29, 0.717) is 6.42 Å². The number of rotatable bonds is 65. The second-order valence-corrected chi connectivity index (χ2v) is 27.5. The van der Waals surface area contributed by atoms with Crippen LogP contribution in [0.15, 0.2) is 36.5 Å². The second-order valence-electron chi connectivity index (χ2n) is 27.5. The highest BCUT2D eigenvalue weighted by Gasteiger charge is 2.51. The number of unbranched alkanes of at least 4 members (excludes halogenated alkanes) is 48. The van der Waals surface area contributed by atoms with Crippen molar-refractivity contribution in [3.63, 3.8) is 0 Å². The molecule has 2 heterocycles. The average molecular weight is 1290 g/mol. The first-order valence-corrected chi connectivity index (χ1v) is 38.7. The van der Waals surface area contributed by atoms with Gasteiger partial charge in [0.05, 0.1) is 32.0 Å². The van der Waals surface area contributed by atoms with Gasteiger partial charge in [-0.3, -0.25) is 4.79 Å². The van der Waals surface area contributed by atoms with E-state index in [1.165, 1.54) is 283 Å². The first-order chi connectivity index (χ1) is 44.6. The Morgan fingerprint density at radius 2 is 0.725 bits per heavy atom. The van der Waals surface area contributed by atoms with Gasteiger partial charge >= 0.3 is 0 Å². The molecule has 0 aliphatic carbocycles. The van der Waals surface area contributed by atoms with Crippen LogP contribution in [0.1, 0.15) is 354 Å². The zero-order valence-corrected chi connectivity index (χ0v) is 58.6. The molecule has 91 heavy (non-hydrogen) atoms. The maximum absolute atomic E-state index is 13.3. The molecule has 12 unspecified atom stereocenters. The number of ether oxygens (including phenoxy) is 4. The fourth-order valence-electron chi connectivity index (χ4n) is 12.9. The Bertz CT molecular complexity index is 1670. The van der Waals surface area contributed by atoms with E-state index in [4.69, 9.17) is 18.9 Å². The van der Waals surface area contributed by atoms with E-state index < -0.39 is 86.8 Å². The van der Waals surface area contributed by atoms with Crippen molar-refractivity contribution < 1.29 is 64.6 Å². The quantitative estimate of drug-likeness (QED) is 0.0204. The summed E-state index contributed by atoms with van der Waals surface area (Å²) in [4.78, 5) is 13.3. The Morgan fingerprint density at radius 1 is 0.396 bits per heavy atom. The van der Waals surface area contributed by atoms with Gasteiger partial charge in [-0.2, -0.15) is 0 Å². The first-order valence-electron chi connectivity index (χ1n) is 38.7. The van der Waals surface area contributed by atoms with Crippen LogP contribution in [0.25, 0.3) is 0 Å². The number of aliphatic hydroxyl groups excluding tert-OH is 8. The number of hydrogen-bond acceptors (Lipinski definition) is 13. The second kappa shape index (κ2) is 61.8. The Hall–Kier alpha value is -1.79. The first kappa shape index (κ1) is 85.3. The molecular formula is C77H145NO13. The fourth-order valence-corrected chi connectivity index (χ4v) is 12.9. The van der Waals surface area contributed by atoms with Crippen LogP contribution in [0.3, 0.4) is 0 Å². The monoisotopic (exact) mass is 1290 g/mol. The van der Waals surface area contributed by atoms with Crippen molar-refractivity contribution in [2.45, 2.75) is 428 Å². The van der Waals surface area contributed by atoms with E-state index in [1.807, 2.05) is 6.08 Å². The molecule has 2 saturated heterocycles. The van der Waals surface area contributed by atoms with Crippen LogP contribution in [-0.4, -0.2) is 140 Å². The maximum atomic E-state index is 13.3. The molecular weight excluding hydrogens is 1150 g/mol. The lowest BCUT2D eigenvalue weighted by Gasteiger charge is -2.46. The van der Waals surface area contributed by atoms with Gasteiger partial charge in [0.2, 0.25) is 5.91 Å². The summed E-state index contributed by atoms with van der Waals surface area (Å²) < 4.78 is 22.9. The molecule has 536 valence electrons. The molecule has 0 saturated carbocycles. The molecule has 1 amide bonds. The minimum absolute atomic E-state index is 0.232. The summed E-state index contributed by atoms with van der Waals surface area (Å²) in [5.74, 6) is -0.232. The van der Waals surface area contributed by atoms with Crippen LogP contribution in [-0.2, 0) is 23.7 Å². The van der Waals surface area contributed by atoms with Crippen LogP contribution in [0, 0.1) is 0 Å². The number of hydrogen-bond donors (Lipinski definition) is 9. The van der Waals surface area contributed by atoms with E-state index in [1.54, 1.807) is 6.08 Å². The van der Waals surface area contributed by atoms with Gasteiger partial charge < -0.3 is 65.1 Å². The summed E-state index contributed by atoms with van der Waals surface area (Å²) in [6.07, 6.45) is 63.9. The largest absolute Gasteiger partial charge is 0.394 e. The summed E-state index contributed by atoms with van der Waals surface area (Å²) in [6.45, 7) is 2.83. The third-order valence-corrected chi connectivity index (χ3v) is 19.1. The van der Waals surface area contributed by atoms with Gasteiger partial charge in [0.25, 0.3) is 0 Å². The topological polar surface area (TPSA) is 228 Å². The molecule has 0 aromatic rings. The van der Waals surface area contributed by atoms with Crippen molar-refractivity contribution in [1.82, 2.24) is 5.32 Å². The molecule has 2 fully saturated rings. The Kier molecular flexibility index (Phi) is 57.9. The highest BCUT2D eigenvalue weighted by Crippen LogP contribution is 2.30. The number of amides is 1. The molecule has 0 aromatic carbocycles. The van der Waals surface area contributed by atoms with Crippen molar-refractivity contribution in [1.29, 1.82) is 0 Å². The van der Waals surface area contributed by atoms with Gasteiger partial charge in [-0.1, -0.05) is 333 Å². The van der Waals surface area contributed by atoms with Crippen molar-refractivity contribution >= 4 is 5.91 Å². The van der Waals surface area contributed by atoms with Gasteiger partial charge in [0.1, 0.15) is 48.8 Å². The predicted octanol–water partition coefficient (Wildman–Crippen LogP) is 16.9. The van der Waals surface area contributed by atoms with Crippen molar-refractivity contribution in [3.8, 4) is 0 Å². The lowest BCUT2D eigenvalue weighted by atomic mass is 9.97. The van der Waals surface area contributed by atoms with Gasteiger partial charge in [0.15, 0.2) is 12.6 Å². The van der Waals surface area contributed by atoms with Gasteiger partial charge in [0, 0.05) is 6.42 Å². The number of nitrogens with one attached hydrogen (secondary N) is 1. The summed E-state index contributed by atoms with van der Waals surface area (Å²) >= 11 is 0. The molecule has 0 aromatic heterocycles. The average Bonchev–Trinajstić information content (AvgIpc) is 1.24. The molecule has 14 nitrogen and oxygen atoms in total. The molecule has 14 heteroatoms. The number of carbonyl (C=O) groups is 1. The molecule has 0 radical (unpaired) electrons. The molecule has 2 aliphatic heterocycles. The smallest absolute Gasteiger partial charge is 0.220 e. The fraction of sp³-hybridized carbons (Fsp3) is 0.909. The van der Waals surface area contributed by atoms with Crippen molar-refractivity contribution in [2.24, 2.45) is 0 Å². The van der Waals surface area contributed by atoms with E-state index in [9.17, 15) is 45.6 Å². The van der Waals surface area contributed by atoms with Crippen molar-refractivity contribution in [2.75, 3.05) is 19.8 Å². The third-order valence-electron chi connectivity index (χ3n) is 19.1. The highest BCUT2D eigenvalue weighted by molar-refractivity contribution is 5.76. The van der Waals surface area contributed by atoms with E-state index in [2.05, 4.69) is 43.5 Å². The third kappa shape index (κ3) is 45.4. The lowest BCUT2D eigenvalue weighted by Crippen LogP contribution is -2.65. The number of allylic oxidation sites excluding steroid dienone is 5. The molecule has 2 rings (SSSR count). The Morgan fingerprint density at radius 3 is 1.10 bits per heavy atom. The molecule has 0 bridgehead atoms. The van der Waals surface area contributed by atoms with Crippen LogP contribution in [0.2, 0.25) is 0 Å². The van der Waals surface area contributed by atoms with E-state index >= 15 is 0 Å². The Balaban J connectivity index is 1.53. The standard InChI is InChI=1S/C77H145NO13/c1-3-5-7-9-11-13-15-17-19-21-22-23-24-25-26-27-28-29-30-31-32-33-34-35-36-37-38-39-40-41-42-43-44-45-47-49-51-53-55-57-59-61-69(82)78-65(66(81)60-58-56-54-52-50-48-46-20-18-16-14-12-10-8-6-4-2)64-88-76-74(87)72(85)75(68(63-80)90-76)91-77-73(86)71(84)70(83)67(62-79)89-77/h15,17,21-22,58,60,65-68,70-77,79-81,83-87H,3-14,16,18-20,23-57,59,61-64H2,1-2H3,(H,78,82)/b17-15-,22-21-,60-58+. The van der Waals surface area contributed by atoms with Crippen molar-refractivity contribution in [3.05, 3.63) is 36.5 Å². The molecule has 12 atom stereocenters. The van der Waals surface area contributed by atoms with E-state index in [-0.39, 0.29) is 18.9 Å². The lowest BCUT2D eigenvalue weighted by molar-refractivity contribution is -0.359. The summed E-state index contributed by atoms with van der Waals surface area (Å²) in [5, 5.41) is 87.4. The SMILES string of the molecule is CCCCCCC/C=C\C/C=C\CCCCCCCCCCCCCCCCCCCCCCCCCCCCCCCC(=O)NC(COC1OC(CO)C(OC2OC(CO)C(O)C(O)C2O)C(O)C1O)C(O)/C=C/CCCCCCCCCCCCCCCC. The zero-order valence-electron chi connectivity index (χ0n) is 58.6. The van der Waals surface area contributed by atoms with Crippen LogP contribution >= 0.6 is 0 Å². The normalized spacial score (nSPS) is 22.9. The van der Waals surface area contributed by atoms with Gasteiger partial charge in [-0.05, 0) is 51.4 Å². The molecule has 0 spiro atoms. The van der Waals surface area contributed by atoms with Crippen LogP contribution in [0.4, 0.5) is 0 Å². The maximum Gasteiger partial charge on any atom is 0.220 e. The Labute approximate surface area is 557 Å². The number of aliphatic hydroxyl groups is 8. The summed E-state index contributed by atoms with van der Waals surface area (Å²) in [7, 11) is 0. The number of carbonyl (C=O) groups excluding carboxylic acids is 1. The predicted molar refractivity (Wildman–Crippen MR) is 374 cm³/mol. The zero-order chi connectivity index (χ0) is 65.9. The van der Waals surface area contributed by atoms with Crippen LogP contribution < -0.4 is 5.32 Å². The summed E-state index contributed by atoms with van der Waals surface area (Å²) in [6, 6.07) is -0.912. The highest BCUT2D eigenvalue weighted by atomic mass is 16.7.